The molecule has 0 aliphatic heterocycles. The third kappa shape index (κ3) is 3.98. The molecule has 4 heteroatoms. The Morgan fingerprint density at radius 1 is 1.35 bits per heavy atom. The number of carboxylic acids is 1. The molecule has 1 atom stereocenters. The van der Waals surface area contributed by atoms with Crippen LogP contribution in [-0.2, 0) is 4.79 Å². The van der Waals surface area contributed by atoms with Crippen molar-refractivity contribution in [2.24, 2.45) is 5.92 Å². The fourth-order valence-electron chi connectivity index (χ4n) is 1.42. The molecule has 0 saturated heterocycles. The van der Waals surface area contributed by atoms with Crippen molar-refractivity contribution in [2.75, 3.05) is 6.61 Å². The summed E-state index contributed by atoms with van der Waals surface area (Å²) in [6.45, 7) is 6.08. The summed E-state index contributed by atoms with van der Waals surface area (Å²) in [5.41, 5.74) is 0. The maximum Gasteiger partial charge on any atom is 0.345 e. The zero-order valence-electron chi connectivity index (χ0n) is 10.3. The summed E-state index contributed by atoms with van der Waals surface area (Å²) in [5.74, 6) is 0.139. The summed E-state index contributed by atoms with van der Waals surface area (Å²) in [6, 6.07) is 7.00. The molecule has 1 N–H and O–H groups in total. The van der Waals surface area contributed by atoms with Gasteiger partial charge >= 0.3 is 5.97 Å². The van der Waals surface area contributed by atoms with E-state index in [0.29, 0.717) is 18.1 Å². The van der Waals surface area contributed by atoms with Crippen LogP contribution in [0.25, 0.3) is 0 Å². The van der Waals surface area contributed by atoms with E-state index in [1.54, 1.807) is 18.2 Å². The molecule has 0 fully saturated rings. The monoisotopic (exact) mass is 238 g/mol. The standard InChI is InChI=1S/C13H18O4/c1-4-16-10-6-5-7-11(8-10)17-12(9(2)3)13(14)15/h5-9,12H,4H2,1-3H3,(H,14,15). The first-order valence-electron chi connectivity index (χ1n) is 5.67. The highest BCUT2D eigenvalue weighted by molar-refractivity contribution is 5.73. The van der Waals surface area contributed by atoms with Crippen LogP contribution < -0.4 is 9.47 Å². The molecule has 1 unspecified atom stereocenters. The summed E-state index contributed by atoms with van der Waals surface area (Å²) < 4.78 is 10.8. The number of ether oxygens (including phenoxy) is 2. The summed E-state index contributed by atoms with van der Waals surface area (Å²) in [6.07, 6.45) is -0.841. The summed E-state index contributed by atoms with van der Waals surface area (Å²) in [4.78, 5) is 11.0. The lowest BCUT2D eigenvalue weighted by Gasteiger charge is -2.18. The van der Waals surface area contributed by atoms with Crippen LogP contribution in [0.1, 0.15) is 20.8 Å². The van der Waals surface area contributed by atoms with E-state index in [9.17, 15) is 4.79 Å². The normalized spacial score (nSPS) is 12.2. The fourth-order valence-corrected chi connectivity index (χ4v) is 1.42. The highest BCUT2D eigenvalue weighted by Gasteiger charge is 2.23. The van der Waals surface area contributed by atoms with Crippen molar-refractivity contribution in [3.63, 3.8) is 0 Å². The van der Waals surface area contributed by atoms with Gasteiger partial charge in [0.1, 0.15) is 11.5 Å². The van der Waals surface area contributed by atoms with E-state index in [-0.39, 0.29) is 5.92 Å². The molecule has 1 rings (SSSR count). The molecule has 0 aromatic heterocycles. The molecule has 0 aliphatic rings. The van der Waals surface area contributed by atoms with Gasteiger partial charge in [-0.2, -0.15) is 0 Å². The van der Waals surface area contributed by atoms with Gasteiger partial charge in [-0.3, -0.25) is 0 Å². The Bertz CT molecular complexity index is 373. The minimum absolute atomic E-state index is 0.0942. The first kappa shape index (κ1) is 13.4. The molecule has 17 heavy (non-hydrogen) atoms. The summed E-state index contributed by atoms with van der Waals surface area (Å²) in [5, 5.41) is 9.02. The van der Waals surface area contributed by atoms with E-state index < -0.39 is 12.1 Å². The number of hydrogen-bond donors (Lipinski definition) is 1. The zero-order chi connectivity index (χ0) is 12.8. The second-order valence-electron chi connectivity index (χ2n) is 4.03. The molecule has 0 spiro atoms. The molecular weight excluding hydrogens is 220 g/mol. The van der Waals surface area contributed by atoms with Crippen molar-refractivity contribution in [3.8, 4) is 11.5 Å². The topological polar surface area (TPSA) is 55.8 Å². The van der Waals surface area contributed by atoms with Crippen LogP contribution in [0.3, 0.4) is 0 Å². The molecule has 94 valence electrons. The number of aliphatic carboxylic acids is 1. The quantitative estimate of drug-likeness (QED) is 0.827. The Kier molecular flexibility index (Phi) is 4.82. The molecule has 0 heterocycles. The second-order valence-corrected chi connectivity index (χ2v) is 4.03. The largest absolute Gasteiger partial charge is 0.494 e. The van der Waals surface area contributed by atoms with Crippen LogP contribution in [0.4, 0.5) is 0 Å². The van der Waals surface area contributed by atoms with Crippen molar-refractivity contribution < 1.29 is 19.4 Å². The minimum atomic E-state index is -0.957. The Hall–Kier alpha value is -1.71. The van der Waals surface area contributed by atoms with Gasteiger partial charge in [-0.1, -0.05) is 19.9 Å². The van der Waals surface area contributed by atoms with Gasteiger partial charge in [0.25, 0.3) is 0 Å². The smallest absolute Gasteiger partial charge is 0.345 e. The zero-order valence-corrected chi connectivity index (χ0v) is 10.3. The number of carbonyl (C=O) groups is 1. The van der Waals surface area contributed by atoms with Crippen molar-refractivity contribution in [3.05, 3.63) is 24.3 Å². The van der Waals surface area contributed by atoms with E-state index in [4.69, 9.17) is 14.6 Å². The van der Waals surface area contributed by atoms with Crippen molar-refractivity contribution in [1.82, 2.24) is 0 Å². The van der Waals surface area contributed by atoms with Gasteiger partial charge in [0.05, 0.1) is 6.61 Å². The SMILES string of the molecule is CCOc1cccc(OC(C(=O)O)C(C)C)c1. The molecule has 4 nitrogen and oxygen atoms in total. The first-order chi connectivity index (χ1) is 8.04. The van der Waals surface area contributed by atoms with Gasteiger partial charge in [0.15, 0.2) is 6.10 Å². The van der Waals surface area contributed by atoms with Gasteiger partial charge in [-0.15, -0.1) is 0 Å². The number of hydrogen-bond acceptors (Lipinski definition) is 3. The Labute approximate surface area is 101 Å². The lowest BCUT2D eigenvalue weighted by Crippen LogP contribution is -2.32. The van der Waals surface area contributed by atoms with Gasteiger partial charge < -0.3 is 14.6 Å². The number of carboxylic acid groups (broad SMARTS) is 1. The van der Waals surface area contributed by atoms with Crippen LogP contribution in [0.15, 0.2) is 24.3 Å². The molecule has 0 saturated carbocycles. The molecule has 1 aromatic rings. The third-order valence-electron chi connectivity index (χ3n) is 2.23. The van der Waals surface area contributed by atoms with Crippen LogP contribution in [0.2, 0.25) is 0 Å². The van der Waals surface area contributed by atoms with Crippen LogP contribution >= 0.6 is 0 Å². The average Bonchev–Trinajstić information content (AvgIpc) is 2.26. The maximum absolute atomic E-state index is 11.0. The van der Waals surface area contributed by atoms with Crippen molar-refractivity contribution in [2.45, 2.75) is 26.9 Å². The predicted octanol–water partition coefficient (Wildman–Crippen LogP) is 2.57. The Balaban J connectivity index is 2.78. The fraction of sp³-hybridized carbons (Fsp3) is 0.462. The molecular formula is C13H18O4. The highest BCUT2D eigenvalue weighted by Crippen LogP contribution is 2.22. The van der Waals surface area contributed by atoms with Crippen LogP contribution in [-0.4, -0.2) is 23.8 Å². The molecule has 0 amide bonds. The average molecular weight is 238 g/mol. The molecule has 0 radical (unpaired) electrons. The summed E-state index contributed by atoms with van der Waals surface area (Å²) in [7, 11) is 0. The molecule has 0 bridgehead atoms. The molecule has 1 aromatic carbocycles. The lowest BCUT2D eigenvalue weighted by molar-refractivity contribution is -0.147. The van der Waals surface area contributed by atoms with E-state index in [1.807, 2.05) is 26.8 Å². The maximum atomic E-state index is 11.0. The summed E-state index contributed by atoms with van der Waals surface area (Å²) >= 11 is 0. The Morgan fingerprint density at radius 2 is 2.00 bits per heavy atom. The van der Waals surface area contributed by atoms with Crippen molar-refractivity contribution >= 4 is 5.97 Å². The third-order valence-corrected chi connectivity index (χ3v) is 2.23. The second kappa shape index (κ2) is 6.13. The van der Waals surface area contributed by atoms with E-state index in [2.05, 4.69) is 0 Å². The predicted molar refractivity (Wildman–Crippen MR) is 64.5 cm³/mol. The lowest BCUT2D eigenvalue weighted by atomic mass is 10.1. The highest BCUT2D eigenvalue weighted by atomic mass is 16.5. The van der Waals surface area contributed by atoms with Crippen LogP contribution in [0.5, 0.6) is 11.5 Å². The first-order valence-corrected chi connectivity index (χ1v) is 5.67. The molecule has 0 aliphatic carbocycles. The van der Waals surface area contributed by atoms with Gasteiger partial charge in [0.2, 0.25) is 0 Å². The number of benzene rings is 1. The minimum Gasteiger partial charge on any atom is -0.494 e. The van der Waals surface area contributed by atoms with E-state index in [1.165, 1.54) is 0 Å². The van der Waals surface area contributed by atoms with Crippen LogP contribution in [0, 0.1) is 5.92 Å². The van der Waals surface area contributed by atoms with Gasteiger partial charge in [-0.25, -0.2) is 4.79 Å². The van der Waals surface area contributed by atoms with E-state index >= 15 is 0 Å². The van der Waals surface area contributed by atoms with Crippen molar-refractivity contribution in [1.29, 1.82) is 0 Å². The van der Waals surface area contributed by atoms with Gasteiger partial charge in [-0.05, 0) is 19.1 Å². The van der Waals surface area contributed by atoms with E-state index in [0.717, 1.165) is 0 Å². The Morgan fingerprint density at radius 3 is 2.53 bits per heavy atom. The van der Waals surface area contributed by atoms with Gasteiger partial charge in [0, 0.05) is 12.0 Å². The number of rotatable bonds is 6.